The van der Waals surface area contributed by atoms with Crippen molar-refractivity contribution in [2.45, 2.75) is 39.5 Å². The molecule has 1 aliphatic carbocycles. The van der Waals surface area contributed by atoms with Gasteiger partial charge >= 0.3 is 0 Å². The Bertz CT molecular complexity index is 458. The summed E-state index contributed by atoms with van der Waals surface area (Å²) in [5, 5.41) is 1.08. The molecule has 3 nitrogen and oxygen atoms in total. The van der Waals surface area contributed by atoms with Crippen LogP contribution in [0.1, 0.15) is 48.5 Å². The van der Waals surface area contributed by atoms with Crippen molar-refractivity contribution in [1.82, 2.24) is 4.98 Å². The van der Waals surface area contributed by atoms with Crippen LogP contribution in [0.3, 0.4) is 0 Å². The number of piperidine rings is 1. The predicted octanol–water partition coefficient (Wildman–Crippen LogP) is 3.14. The van der Waals surface area contributed by atoms with E-state index in [0.717, 1.165) is 48.6 Å². The third-order valence-corrected chi connectivity index (χ3v) is 5.07. The van der Waals surface area contributed by atoms with Crippen LogP contribution in [0, 0.1) is 11.8 Å². The van der Waals surface area contributed by atoms with E-state index in [0.29, 0.717) is 6.42 Å². The fraction of sp³-hybridized carbons (Fsp3) is 0.714. The molecule has 0 bridgehead atoms. The first-order valence-corrected chi connectivity index (χ1v) is 7.73. The smallest absolute Gasteiger partial charge is 0.186 e. The molecule has 98 valence electrons. The van der Waals surface area contributed by atoms with Gasteiger partial charge in [0.25, 0.3) is 0 Å². The average Bonchev–Trinajstić information content (AvgIpc) is 2.73. The monoisotopic (exact) mass is 264 g/mol. The van der Waals surface area contributed by atoms with Gasteiger partial charge in [0.2, 0.25) is 0 Å². The first-order chi connectivity index (χ1) is 8.63. The molecule has 0 saturated carbocycles. The Morgan fingerprint density at radius 2 is 1.94 bits per heavy atom. The van der Waals surface area contributed by atoms with E-state index in [1.807, 2.05) is 0 Å². The SMILES string of the molecule is CC1CC(C)CN(c2nc3c(s2)CCCC3=O)C1. The molecule has 0 aromatic carbocycles. The van der Waals surface area contributed by atoms with Crippen LogP contribution in [0.15, 0.2) is 0 Å². The number of Topliss-reactive ketones (excluding diaryl/α,β-unsaturated/α-hetero) is 1. The van der Waals surface area contributed by atoms with Gasteiger partial charge in [0, 0.05) is 24.4 Å². The molecule has 1 fully saturated rings. The number of hydrogen-bond acceptors (Lipinski definition) is 4. The van der Waals surface area contributed by atoms with Gasteiger partial charge in [-0.1, -0.05) is 13.8 Å². The number of fused-ring (bicyclic) bond motifs is 1. The van der Waals surface area contributed by atoms with Crippen molar-refractivity contribution in [3.63, 3.8) is 0 Å². The van der Waals surface area contributed by atoms with Crippen molar-refractivity contribution in [1.29, 1.82) is 0 Å². The number of ketones is 1. The van der Waals surface area contributed by atoms with Gasteiger partial charge in [-0.2, -0.15) is 0 Å². The number of anilines is 1. The maximum absolute atomic E-state index is 11.8. The van der Waals surface area contributed by atoms with Crippen LogP contribution in [0.2, 0.25) is 0 Å². The van der Waals surface area contributed by atoms with E-state index in [1.54, 1.807) is 11.3 Å². The number of aryl methyl sites for hydroxylation is 1. The molecule has 2 heterocycles. The normalized spacial score (nSPS) is 28.3. The van der Waals surface area contributed by atoms with E-state index >= 15 is 0 Å². The summed E-state index contributed by atoms with van der Waals surface area (Å²) < 4.78 is 0. The molecule has 0 radical (unpaired) electrons. The maximum atomic E-state index is 11.8. The number of carbonyl (C=O) groups excluding carboxylic acids is 1. The van der Waals surface area contributed by atoms with Crippen LogP contribution in [0.5, 0.6) is 0 Å². The average molecular weight is 264 g/mol. The Morgan fingerprint density at radius 3 is 2.61 bits per heavy atom. The largest absolute Gasteiger partial charge is 0.348 e. The van der Waals surface area contributed by atoms with E-state index in [2.05, 4.69) is 23.7 Å². The molecule has 4 heteroatoms. The van der Waals surface area contributed by atoms with Gasteiger partial charge in [0.1, 0.15) is 5.69 Å². The Labute approximate surface area is 112 Å². The number of carbonyl (C=O) groups is 1. The summed E-state index contributed by atoms with van der Waals surface area (Å²) in [5.41, 5.74) is 0.770. The summed E-state index contributed by atoms with van der Waals surface area (Å²) in [5.74, 6) is 1.70. The van der Waals surface area contributed by atoms with Crippen LogP contribution < -0.4 is 4.90 Å². The summed E-state index contributed by atoms with van der Waals surface area (Å²) >= 11 is 1.74. The molecule has 1 saturated heterocycles. The van der Waals surface area contributed by atoms with Gasteiger partial charge in [0.15, 0.2) is 10.9 Å². The molecule has 2 aliphatic rings. The molecule has 0 amide bonds. The lowest BCUT2D eigenvalue weighted by Crippen LogP contribution is -2.38. The Balaban J connectivity index is 1.86. The topological polar surface area (TPSA) is 33.2 Å². The lowest BCUT2D eigenvalue weighted by molar-refractivity contribution is 0.0968. The molecular weight excluding hydrogens is 244 g/mol. The van der Waals surface area contributed by atoms with Gasteiger partial charge in [-0.15, -0.1) is 11.3 Å². The lowest BCUT2D eigenvalue weighted by atomic mass is 9.92. The van der Waals surface area contributed by atoms with Crippen LogP contribution >= 0.6 is 11.3 Å². The number of rotatable bonds is 1. The van der Waals surface area contributed by atoms with Gasteiger partial charge in [0.05, 0.1) is 0 Å². The van der Waals surface area contributed by atoms with Crippen molar-refractivity contribution in [2.75, 3.05) is 18.0 Å². The number of aromatic nitrogens is 1. The van der Waals surface area contributed by atoms with E-state index in [1.165, 1.54) is 11.3 Å². The molecule has 2 atom stereocenters. The third-order valence-electron chi connectivity index (χ3n) is 3.90. The second-order valence-electron chi connectivity index (χ2n) is 5.90. The third kappa shape index (κ3) is 2.18. The van der Waals surface area contributed by atoms with Gasteiger partial charge < -0.3 is 4.90 Å². The van der Waals surface area contributed by atoms with Crippen molar-refractivity contribution in [2.24, 2.45) is 11.8 Å². The summed E-state index contributed by atoms with van der Waals surface area (Å²) in [7, 11) is 0. The fourth-order valence-electron chi connectivity index (χ4n) is 3.21. The number of nitrogens with zero attached hydrogens (tertiary/aromatic N) is 2. The molecule has 0 spiro atoms. The Hall–Kier alpha value is -0.900. The van der Waals surface area contributed by atoms with E-state index in [-0.39, 0.29) is 5.78 Å². The van der Waals surface area contributed by atoms with Crippen LogP contribution in [0.4, 0.5) is 5.13 Å². The predicted molar refractivity (Wildman–Crippen MR) is 74.5 cm³/mol. The van der Waals surface area contributed by atoms with Crippen molar-refractivity contribution in [3.8, 4) is 0 Å². The highest BCUT2D eigenvalue weighted by Gasteiger charge is 2.28. The van der Waals surface area contributed by atoms with Crippen molar-refractivity contribution < 1.29 is 4.79 Å². The first kappa shape index (κ1) is 12.2. The second-order valence-corrected chi connectivity index (χ2v) is 6.96. The Kier molecular flexibility index (Phi) is 3.14. The minimum Gasteiger partial charge on any atom is -0.348 e. The molecule has 1 aromatic rings. The molecule has 0 N–H and O–H groups in total. The number of hydrogen-bond donors (Lipinski definition) is 0. The van der Waals surface area contributed by atoms with Crippen molar-refractivity contribution >= 4 is 22.3 Å². The molecule has 18 heavy (non-hydrogen) atoms. The zero-order valence-electron chi connectivity index (χ0n) is 11.1. The quantitative estimate of drug-likeness (QED) is 0.781. The van der Waals surface area contributed by atoms with Gasteiger partial charge in [-0.3, -0.25) is 4.79 Å². The molecule has 1 aliphatic heterocycles. The first-order valence-electron chi connectivity index (χ1n) is 6.91. The van der Waals surface area contributed by atoms with E-state index in [9.17, 15) is 4.79 Å². The molecule has 2 unspecified atom stereocenters. The molecule has 3 rings (SSSR count). The highest BCUT2D eigenvalue weighted by Crippen LogP contribution is 2.34. The summed E-state index contributed by atoms with van der Waals surface area (Å²) in [6.07, 6.45) is 4.03. The fourth-order valence-corrected chi connectivity index (χ4v) is 4.35. The van der Waals surface area contributed by atoms with E-state index in [4.69, 9.17) is 0 Å². The zero-order chi connectivity index (χ0) is 12.7. The highest BCUT2D eigenvalue weighted by atomic mass is 32.1. The lowest BCUT2D eigenvalue weighted by Gasteiger charge is -2.34. The zero-order valence-corrected chi connectivity index (χ0v) is 11.9. The minimum atomic E-state index is 0.247. The van der Waals surface area contributed by atoms with E-state index < -0.39 is 0 Å². The van der Waals surface area contributed by atoms with Crippen molar-refractivity contribution in [3.05, 3.63) is 10.6 Å². The maximum Gasteiger partial charge on any atom is 0.186 e. The minimum absolute atomic E-state index is 0.247. The van der Waals surface area contributed by atoms with Gasteiger partial charge in [-0.05, 0) is 31.1 Å². The Morgan fingerprint density at radius 1 is 1.22 bits per heavy atom. The summed E-state index contributed by atoms with van der Waals surface area (Å²) in [6, 6.07) is 0. The summed E-state index contributed by atoms with van der Waals surface area (Å²) in [4.78, 5) is 20.1. The van der Waals surface area contributed by atoms with Crippen LogP contribution in [0.25, 0.3) is 0 Å². The molecule has 1 aromatic heterocycles. The molecular formula is C14H20N2OS. The summed E-state index contributed by atoms with van der Waals surface area (Å²) in [6.45, 7) is 6.79. The second kappa shape index (κ2) is 4.65. The standard InChI is InChI=1S/C14H20N2OS/c1-9-6-10(2)8-16(7-9)14-15-13-11(17)4-3-5-12(13)18-14/h9-10H,3-8H2,1-2H3. The number of thiazole rings is 1. The van der Waals surface area contributed by atoms with Crippen LogP contribution in [-0.4, -0.2) is 23.9 Å². The van der Waals surface area contributed by atoms with Gasteiger partial charge in [-0.25, -0.2) is 4.98 Å². The highest BCUT2D eigenvalue weighted by molar-refractivity contribution is 7.16. The van der Waals surface area contributed by atoms with Crippen LogP contribution in [-0.2, 0) is 6.42 Å².